The van der Waals surface area contributed by atoms with Crippen LogP contribution in [0, 0.1) is 0 Å². The fraction of sp³-hybridized carbons (Fsp3) is 0.961. The first kappa shape index (κ1) is 87.7. The van der Waals surface area contributed by atoms with Crippen molar-refractivity contribution in [1.82, 2.24) is 5.32 Å². The molecule has 0 aliphatic carbocycles. The average molecular weight is 1360 g/mol. The van der Waals surface area contributed by atoms with Crippen LogP contribution < -0.4 is 5.32 Å². The molecule has 0 radical (unpaired) electrons. The first-order chi connectivity index (χ1) is 46.3. The Balaban J connectivity index is 1.34. The monoisotopic (exact) mass is 1360 g/mol. The summed E-state index contributed by atoms with van der Waals surface area (Å²) >= 11 is 0. The summed E-state index contributed by atoms with van der Waals surface area (Å²) in [6, 6.07) is -0.888. The van der Waals surface area contributed by atoms with Crippen LogP contribution in [0.4, 0.5) is 0 Å². The minimum absolute atomic E-state index is 0.242. The molecule has 3 rings (SSSR count). The van der Waals surface area contributed by atoms with Crippen LogP contribution in [0.2, 0.25) is 0 Å². The van der Waals surface area contributed by atoms with Gasteiger partial charge in [0.2, 0.25) is 5.91 Å². The summed E-state index contributed by atoms with van der Waals surface area (Å²) in [6.07, 6.45) is 40.3. The van der Waals surface area contributed by atoms with Gasteiger partial charge in [0, 0.05) is 6.42 Å². The van der Waals surface area contributed by atoms with Gasteiger partial charge in [-0.1, -0.05) is 302 Å². The number of allylic oxidation sites excluding steroid dienone is 2. The predicted octanol–water partition coefficient (Wildman–Crippen LogP) is 12.4. The summed E-state index contributed by atoms with van der Waals surface area (Å²) in [6.45, 7) is 1.84. The highest BCUT2D eigenvalue weighted by Crippen LogP contribution is 2.33. The number of hydrogen-bond donors (Lipinski definition) is 12. The number of unbranched alkanes of at least 4 members (excludes halogenated alkanes) is 45. The lowest BCUT2D eigenvalue weighted by atomic mass is 9.96. The van der Waals surface area contributed by atoms with Crippen molar-refractivity contribution in [3.63, 3.8) is 0 Å². The van der Waals surface area contributed by atoms with Crippen LogP contribution in [-0.2, 0) is 33.2 Å². The molecule has 0 bridgehead atoms. The van der Waals surface area contributed by atoms with Gasteiger partial charge in [0.05, 0.1) is 38.6 Å². The molecule has 0 spiro atoms. The first-order valence-corrected chi connectivity index (χ1v) is 39.4. The van der Waals surface area contributed by atoms with Crippen LogP contribution in [0.1, 0.15) is 335 Å². The number of aliphatic hydroxyl groups excluding tert-OH is 11. The number of aliphatic hydroxyl groups is 11. The topological polar surface area (TPSA) is 307 Å². The number of carbonyl (C=O) groups is 1. The molecule has 0 aromatic carbocycles. The lowest BCUT2D eigenvalue weighted by molar-refractivity contribution is -0.379. The fourth-order valence-electron chi connectivity index (χ4n) is 13.7. The van der Waals surface area contributed by atoms with Crippen molar-refractivity contribution in [2.24, 2.45) is 0 Å². The number of rotatable bonds is 63. The zero-order valence-electron chi connectivity index (χ0n) is 59.9. The Hall–Kier alpha value is -1.47. The van der Waals surface area contributed by atoms with Crippen molar-refractivity contribution in [2.45, 2.75) is 439 Å². The van der Waals surface area contributed by atoms with Crippen molar-refractivity contribution in [2.75, 3.05) is 26.4 Å². The Kier molecular flexibility index (Phi) is 53.6. The molecule has 1 amide bonds. The number of nitrogens with one attached hydrogen (secondary N) is 1. The molecule has 3 heterocycles. The Labute approximate surface area is 576 Å². The third-order valence-corrected chi connectivity index (χ3v) is 20.1. The van der Waals surface area contributed by atoms with Gasteiger partial charge >= 0.3 is 0 Å². The fourth-order valence-corrected chi connectivity index (χ4v) is 13.7. The van der Waals surface area contributed by atoms with Crippen LogP contribution in [0.25, 0.3) is 0 Å². The van der Waals surface area contributed by atoms with Crippen molar-refractivity contribution >= 4 is 5.91 Å². The quantitative estimate of drug-likeness (QED) is 0.0199. The van der Waals surface area contributed by atoms with Gasteiger partial charge in [-0.15, -0.1) is 0 Å². The molecule has 562 valence electrons. The van der Waals surface area contributed by atoms with Crippen LogP contribution in [0.5, 0.6) is 0 Å². The van der Waals surface area contributed by atoms with Gasteiger partial charge in [0.25, 0.3) is 0 Å². The standard InChI is InChI=1S/C76H145NO18/c1-3-5-7-9-11-13-15-17-19-21-22-23-24-25-26-27-28-29-30-31-32-33-34-35-36-38-39-41-43-45-47-49-51-53-60(81)59(77-64(82)54-52-50-48-46-44-42-40-37-20-18-16-14-12-10-8-6-4-2)58-90-74-70(88)67(85)72(62(56-79)92-74)95-76-71(89)68(86)73(63(57-80)93-76)94-75-69(87)66(84)65(83)61(55-78)91-75/h18,20,59-63,65-76,78-81,83-89H,3-17,19,21-58H2,1-2H3,(H,77,82)/b20-18-. The van der Waals surface area contributed by atoms with E-state index in [9.17, 15) is 61.0 Å². The molecule has 3 aliphatic rings. The van der Waals surface area contributed by atoms with E-state index in [1.165, 1.54) is 244 Å². The summed E-state index contributed by atoms with van der Waals surface area (Å²) in [5, 5.41) is 121. The third kappa shape index (κ3) is 39.0. The largest absolute Gasteiger partial charge is 0.394 e. The van der Waals surface area contributed by atoms with Crippen LogP contribution in [0.15, 0.2) is 12.2 Å². The molecule has 0 aromatic heterocycles. The van der Waals surface area contributed by atoms with Crippen molar-refractivity contribution in [1.29, 1.82) is 0 Å². The molecule has 12 N–H and O–H groups in total. The van der Waals surface area contributed by atoms with Gasteiger partial charge in [0.1, 0.15) is 73.2 Å². The van der Waals surface area contributed by atoms with E-state index in [1.807, 2.05) is 0 Å². The molecule has 0 aromatic rings. The van der Waals surface area contributed by atoms with Gasteiger partial charge in [0.15, 0.2) is 18.9 Å². The zero-order chi connectivity index (χ0) is 68.9. The van der Waals surface area contributed by atoms with Gasteiger partial charge < -0.3 is 89.9 Å². The number of amides is 1. The highest BCUT2D eigenvalue weighted by Gasteiger charge is 2.54. The Morgan fingerprint density at radius 3 is 1.02 bits per heavy atom. The summed E-state index contributed by atoms with van der Waals surface area (Å²) in [5.74, 6) is -0.242. The molecular weight excluding hydrogens is 1210 g/mol. The van der Waals surface area contributed by atoms with E-state index in [0.29, 0.717) is 12.8 Å². The summed E-state index contributed by atoms with van der Waals surface area (Å²) < 4.78 is 34.5. The molecule has 3 fully saturated rings. The van der Waals surface area contributed by atoms with Crippen LogP contribution in [0.3, 0.4) is 0 Å². The first-order valence-electron chi connectivity index (χ1n) is 39.4. The van der Waals surface area contributed by atoms with Gasteiger partial charge in [-0.25, -0.2) is 0 Å². The van der Waals surface area contributed by atoms with E-state index in [2.05, 4.69) is 31.3 Å². The maximum Gasteiger partial charge on any atom is 0.220 e. The average Bonchev–Trinajstić information content (AvgIpc) is 0.787. The van der Waals surface area contributed by atoms with E-state index < -0.39 is 124 Å². The highest BCUT2D eigenvalue weighted by molar-refractivity contribution is 5.76. The second-order valence-electron chi connectivity index (χ2n) is 28.5. The molecule has 19 heteroatoms. The Morgan fingerprint density at radius 1 is 0.368 bits per heavy atom. The van der Waals surface area contributed by atoms with E-state index in [0.717, 1.165) is 57.8 Å². The smallest absolute Gasteiger partial charge is 0.220 e. The number of carbonyl (C=O) groups excluding carboxylic acids is 1. The van der Waals surface area contributed by atoms with Gasteiger partial charge in [-0.3, -0.25) is 4.79 Å². The molecule has 0 saturated carbocycles. The Morgan fingerprint density at radius 2 is 0.663 bits per heavy atom. The summed E-state index contributed by atoms with van der Waals surface area (Å²) in [4.78, 5) is 13.4. The lowest BCUT2D eigenvalue weighted by Crippen LogP contribution is -2.66. The second kappa shape index (κ2) is 58.1. The maximum atomic E-state index is 13.4. The van der Waals surface area contributed by atoms with Crippen molar-refractivity contribution in [3.8, 4) is 0 Å². The van der Waals surface area contributed by atoms with Gasteiger partial charge in [-0.05, 0) is 38.5 Å². The van der Waals surface area contributed by atoms with E-state index in [4.69, 9.17) is 28.4 Å². The molecule has 3 saturated heterocycles. The molecular formula is C76H145NO18. The number of hydrogen-bond acceptors (Lipinski definition) is 18. The minimum Gasteiger partial charge on any atom is -0.394 e. The zero-order valence-corrected chi connectivity index (χ0v) is 59.9. The predicted molar refractivity (Wildman–Crippen MR) is 374 cm³/mol. The molecule has 17 atom stereocenters. The van der Waals surface area contributed by atoms with Crippen LogP contribution in [-0.4, -0.2) is 193 Å². The highest BCUT2D eigenvalue weighted by atomic mass is 16.8. The van der Waals surface area contributed by atoms with Crippen molar-refractivity contribution < 1.29 is 89.4 Å². The summed E-state index contributed by atoms with van der Waals surface area (Å²) in [7, 11) is 0. The maximum absolute atomic E-state index is 13.4. The normalized spacial score (nSPS) is 27.2. The van der Waals surface area contributed by atoms with E-state index >= 15 is 0 Å². The summed E-state index contributed by atoms with van der Waals surface area (Å²) in [5.41, 5.74) is 0. The molecule has 3 aliphatic heterocycles. The molecule has 95 heavy (non-hydrogen) atoms. The number of ether oxygens (including phenoxy) is 6. The molecule has 19 nitrogen and oxygen atoms in total. The Bertz CT molecular complexity index is 1770. The third-order valence-electron chi connectivity index (χ3n) is 20.1. The molecule has 17 unspecified atom stereocenters. The van der Waals surface area contributed by atoms with Gasteiger partial charge in [-0.2, -0.15) is 0 Å². The lowest BCUT2D eigenvalue weighted by Gasteiger charge is -2.48. The van der Waals surface area contributed by atoms with Crippen LogP contribution >= 0.6 is 0 Å². The second-order valence-corrected chi connectivity index (χ2v) is 28.5. The van der Waals surface area contributed by atoms with E-state index in [-0.39, 0.29) is 18.9 Å². The SMILES string of the molecule is CCCCCCCC/C=C\CCCCCCCCCC(=O)NC(COC1OC(CO)C(OC2OC(CO)C(OC3OC(CO)C(O)C(O)C3O)C(O)C2O)C(O)C1O)C(O)CCCCCCCCCCCCCCCCCCCCCCCCCCCCCCCCCCC. The van der Waals surface area contributed by atoms with Crippen molar-refractivity contribution in [3.05, 3.63) is 12.2 Å². The van der Waals surface area contributed by atoms with E-state index in [1.54, 1.807) is 0 Å². The minimum atomic E-state index is -1.97.